The van der Waals surface area contributed by atoms with Gasteiger partial charge in [0.05, 0.1) is 28.0 Å². The lowest BCUT2D eigenvalue weighted by atomic mass is 9.90. The van der Waals surface area contributed by atoms with Crippen LogP contribution in [0.3, 0.4) is 0 Å². The molecule has 1 aromatic rings. The minimum absolute atomic E-state index is 0.163. The molecule has 104 valence electrons. The van der Waals surface area contributed by atoms with Crippen molar-refractivity contribution >= 4 is 17.1 Å². The molecule has 0 spiro atoms. The van der Waals surface area contributed by atoms with Gasteiger partial charge in [-0.15, -0.1) is 4.73 Å². The van der Waals surface area contributed by atoms with Crippen molar-refractivity contribution in [1.82, 2.24) is 5.32 Å². The number of carbonyl (C=O) groups excluding carboxylic acids is 1. The fraction of sp³-hybridized carbons (Fsp3) is 0.231. The van der Waals surface area contributed by atoms with E-state index in [4.69, 9.17) is 4.74 Å². The van der Waals surface area contributed by atoms with Crippen molar-refractivity contribution in [3.8, 4) is 0 Å². The van der Waals surface area contributed by atoms with E-state index >= 15 is 0 Å². The minimum Gasteiger partial charge on any atom is -0.615 e. The molecule has 20 heavy (non-hydrogen) atoms. The Morgan fingerprint density at radius 1 is 1.55 bits per heavy atom. The highest BCUT2D eigenvalue weighted by Gasteiger charge is 2.38. The van der Waals surface area contributed by atoms with Crippen molar-refractivity contribution in [3.63, 3.8) is 0 Å². The second-order valence-corrected chi connectivity index (χ2v) is 5.79. The lowest BCUT2D eigenvalue weighted by molar-refractivity contribution is -0.647. The summed E-state index contributed by atoms with van der Waals surface area (Å²) in [6.45, 7) is 0.198. The number of allylic oxidation sites excluding steroid dienone is 1. The zero-order chi connectivity index (χ0) is 14.3. The molecule has 2 unspecified atom stereocenters. The molecule has 0 aliphatic carbocycles. The Hall–Kier alpha value is -1.99. The second-order valence-electron chi connectivity index (χ2n) is 4.50. The molecule has 1 aromatic heterocycles. The number of hydrogen-bond donors (Lipinski definition) is 1. The molecular weight excluding hydrogens is 280 g/mol. The van der Waals surface area contributed by atoms with Gasteiger partial charge < -0.3 is 19.8 Å². The molecule has 7 heteroatoms. The first-order chi connectivity index (χ1) is 9.59. The van der Waals surface area contributed by atoms with Gasteiger partial charge in [0.15, 0.2) is 6.20 Å². The van der Waals surface area contributed by atoms with Crippen molar-refractivity contribution in [3.05, 3.63) is 52.6 Å². The van der Waals surface area contributed by atoms with Gasteiger partial charge in [0.1, 0.15) is 12.9 Å². The molecule has 0 aromatic carbocycles. The maximum absolute atomic E-state index is 11.8. The van der Waals surface area contributed by atoms with E-state index in [1.807, 2.05) is 0 Å². The first-order valence-electron chi connectivity index (χ1n) is 5.98. The van der Waals surface area contributed by atoms with Gasteiger partial charge in [0.2, 0.25) is 0 Å². The molecule has 1 N–H and O–H groups in total. The van der Waals surface area contributed by atoms with Crippen molar-refractivity contribution in [2.45, 2.75) is 10.9 Å². The summed E-state index contributed by atoms with van der Waals surface area (Å²) in [5.41, 5.74) is 1.73. The SMILES string of the molecule is C[S+]([O-])c1c(C2C=CNC3=C2C(=O)OC3)ccc[n+]1[O-]. The Balaban J connectivity index is 2.14. The summed E-state index contributed by atoms with van der Waals surface area (Å²) in [4.78, 5) is 11.8. The number of dihydropyridines is 1. The van der Waals surface area contributed by atoms with Gasteiger partial charge in [-0.25, -0.2) is 4.79 Å². The number of nitrogens with zero attached hydrogens (tertiary/aromatic N) is 1. The second kappa shape index (κ2) is 4.84. The third-order valence-electron chi connectivity index (χ3n) is 3.30. The van der Waals surface area contributed by atoms with E-state index in [9.17, 15) is 14.6 Å². The third-order valence-corrected chi connectivity index (χ3v) is 4.26. The van der Waals surface area contributed by atoms with Gasteiger partial charge in [0.25, 0.3) is 0 Å². The predicted octanol–water partition coefficient (Wildman–Crippen LogP) is 0.0688. The summed E-state index contributed by atoms with van der Waals surface area (Å²) in [6, 6.07) is 3.29. The van der Waals surface area contributed by atoms with Crippen molar-refractivity contribution in [1.29, 1.82) is 0 Å². The van der Waals surface area contributed by atoms with Gasteiger partial charge in [-0.05, 0) is 12.3 Å². The summed E-state index contributed by atoms with van der Waals surface area (Å²) in [5, 5.41) is 15.0. The van der Waals surface area contributed by atoms with Gasteiger partial charge in [0, 0.05) is 12.0 Å². The maximum atomic E-state index is 11.8. The van der Waals surface area contributed by atoms with Crippen LogP contribution in [0.2, 0.25) is 0 Å². The van der Waals surface area contributed by atoms with Crippen molar-refractivity contribution in [2.75, 3.05) is 12.9 Å². The largest absolute Gasteiger partial charge is 0.615 e. The number of hydrogen-bond acceptors (Lipinski definition) is 5. The van der Waals surface area contributed by atoms with Crippen LogP contribution in [0, 0.1) is 5.21 Å². The summed E-state index contributed by atoms with van der Waals surface area (Å²) in [5.74, 6) is -0.822. The summed E-state index contributed by atoms with van der Waals surface area (Å²) in [6.07, 6.45) is 6.21. The van der Waals surface area contributed by atoms with E-state index in [0.29, 0.717) is 21.6 Å². The molecule has 3 heterocycles. The lowest BCUT2D eigenvalue weighted by Crippen LogP contribution is -2.35. The number of carbonyl (C=O) groups is 1. The monoisotopic (exact) mass is 292 g/mol. The van der Waals surface area contributed by atoms with E-state index in [1.54, 1.807) is 24.4 Å². The van der Waals surface area contributed by atoms with Crippen LogP contribution < -0.4 is 10.0 Å². The van der Waals surface area contributed by atoms with Crippen LogP contribution in [0.4, 0.5) is 0 Å². The van der Waals surface area contributed by atoms with Crippen LogP contribution in [0.5, 0.6) is 0 Å². The zero-order valence-corrected chi connectivity index (χ0v) is 11.5. The van der Waals surface area contributed by atoms with Gasteiger partial charge in [-0.1, -0.05) is 6.08 Å². The number of pyridine rings is 1. The molecule has 0 bridgehead atoms. The van der Waals surface area contributed by atoms with Crippen LogP contribution in [0.25, 0.3) is 0 Å². The number of cyclic esters (lactones) is 1. The number of esters is 1. The fourth-order valence-corrected chi connectivity index (χ4v) is 3.31. The molecule has 2 aliphatic heterocycles. The Kier molecular flexibility index (Phi) is 3.15. The molecule has 0 fully saturated rings. The Labute approximate surface area is 118 Å². The first kappa shape index (κ1) is 13.0. The predicted molar refractivity (Wildman–Crippen MR) is 70.7 cm³/mol. The molecule has 0 saturated heterocycles. The van der Waals surface area contributed by atoms with Crippen molar-refractivity contribution in [2.24, 2.45) is 0 Å². The molecule has 3 rings (SSSR count). The van der Waals surface area contributed by atoms with Crippen LogP contribution >= 0.6 is 0 Å². The molecule has 2 aliphatic rings. The standard InChI is InChI=1S/C13H12N2O4S/c1-20(18)12-9(3-2-6-15(12)17)8-4-5-14-10-7-19-13(16)11(8)10/h2-6,8,14H,7H2,1H3. The van der Waals surface area contributed by atoms with Crippen molar-refractivity contribution < 1.29 is 18.8 Å². The Bertz CT molecular complexity index is 639. The number of rotatable bonds is 2. The smallest absolute Gasteiger partial charge is 0.397 e. The fourth-order valence-electron chi connectivity index (χ4n) is 2.47. The molecule has 0 saturated carbocycles. The molecule has 0 amide bonds. The van der Waals surface area contributed by atoms with E-state index in [-0.39, 0.29) is 11.6 Å². The van der Waals surface area contributed by atoms with Gasteiger partial charge in [-0.3, -0.25) is 0 Å². The summed E-state index contributed by atoms with van der Waals surface area (Å²) in [7, 11) is 0. The highest BCUT2D eigenvalue weighted by atomic mass is 32.2. The minimum atomic E-state index is -1.45. The lowest BCUT2D eigenvalue weighted by Gasteiger charge is -2.19. The molecule has 6 nitrogen and oxygen atoms in total. The first-order valence-corrected chi connectivity index (χ1v) is 7.54. The normalized spacial score (nSPS) is 22.3. The van der Waals surface area contributed by atoms with Crippen LogP contribution in [0.1, 0.15) is 11.5 Å². The van der Waals surface area contributed by atoms with Gasteiger partial charge >= 0.3 is 11.0 Å². The average Bonchev–Trinajstić information content (AvgIpc) is 2.80. The molecule has 0 radical (unpaired) electrons. The van der Waals surface area contributed by atoms with E-state index in [2.05, 4.69) is 5.32 Å². The Morgan fingerprint density at radius 2 is 2.35 bits per heavy atom. The number of ether oxygens (including phenoxy) is 1. The summed E-state index contributed by atoms with van der Waals surface area (Å²) < 4.78 is 17.4. The zero-order valence-electron chi connectivity index (χ0n) is 10.7. The maximum Gasteiger partial charge on any atom is 0.397 e. The van der Waals surface area contributed by atoms with Crippen LogP contribution in [-0.2, 0) is 20.7 Å². The quantitative estimate of drug-likeness (QED) is 0.361. The number of aromatic nitrogens is 1. The van der Waals surface area contributed by atoms with Crippen LogP contribution in [-0.4, -0.2) is 23.4 Å². The Morgan fingerprint density at radius 3 is 3.10 bits per heavy atom. The van der Waals surface area contributed by atoms with E-state index in [0.717, 1.165) is 0 Å². The van der Waals surface area contributed by atoms with Gasteiger partial charge in [-0.2, -0.15) is 0 Å². The summed E-state index contributed by atoms with van der Waals surface area (Å²) >= 11 is -1.45. The van der Waals surface area contributed by atoms with E-state index < -0.39 is 23.1 Å². The molecular formula is C13H12N2O4S. The van der Waals surface area contributed by atoms with E-state index in [1.165, 1.54) is 12.5 Å². The highest BCUT2D eigenvalue weighted by Crippen LogP contribution is 2.35. The highest BCUT2D eigenvalue weighted by molar-refractivity contribution is 7.90. The topological polar surface area (TPSA) is 88.3 Å². The number of nitrogens with one attached hydrogen (secondary N) is 1. The molecule has 2 atom stereocenters. The van der Waals surface area contributed by atoms with Crippen LogP contribution in [0.15, 0.2) is 46.9 Å². The third kappa shape index (κ3) is 1.95. The average molecular weight is 292 g/mol.